The Morgan fingerprint density at radius 3 is 2.79 bits per heavy atom. The number of ether oxygens (including phenoxy) is 1. The van der Waals surface area contributed by atoms with Crippen LogP contribution < -0.4 is 10.1 Å². The van der Waals surface area contributed by atoms with Crippen LogP contribution in [0.15, 0.2) is 29.6 Å². The van der Waals surface area contributed by atoms with Crippen molar-refractivity contribution in [2.24, 2.45) is 0 Å². The van der Waals surface area contributed by atoms with E-state index < -0.39 is 0 Å². The highest BCUT2D eigenvalue weighted by Gasteiger charge is 2.19. The molecular weight excluding hydrogens is 376 g/mol. The lowest BCUT2D eigenvalue weighted by Crippen LogP contribution is -2.22. The fourth-order valence-corrected chi connectivity index (χ4v) is 3.41. The SMILES string of the molecule is CCNC(c1csc(I)c1)c1cc(F)ccc1OC. The molecule has 0 spiro atoms. The zero-order chi connectivity index (χ0) is 13.8. The average molecular weight is 391 g/mol. The molecule has 0 aliphatic rings. The Kier molecular flexibility index (Phi) is 5.18. The molecule has 0 saturated carbocycles. The van der Waals surface area contributed by atoms with Gasteiger partial charge in [-0.15, -0.1) is 11.3 Å². The number of rotatable bonds is 5. The van der Waals surface area contributed by atoms with E-state index in [1.165, 1.54) is 15.0 Å². The van der Waals surface area contributed by atoms with E-state index in [0.29, 0.717) is 5.75 Å². The quantitative estimate of drug-likeness (QED) is 0.772. The van der Waals surface area contributed by atoms with Crippen molar-refractivity contribution >= 4 is 33.9 Å². The van der Waals surface area contributed by atoms with E-state index in [9.17, 15) is 4.39 Å². The predicted molar refractivity (Wildman–Crippen MR) is 85.5 cm³/mol. The Balaban J connectivity index is 2.46. The van der Waals surface area contributed by atoms with E-state index in [4.69, 9.17) is 4.74 Å². The van der Waals surface area contributed by atoms with Gasteiger partial charge in [0.1, 0.15) is 11.6 Å². The van der Waals surface area contributed by atoms with Crippen molar-refractivity contribution in [2.75, 3.05) is 13.7 Å². The number of hydrogen-bond donors (Lipinski definition) is 1. The molecule has 0 bridgehead atoms. The van der Waals surface area contributed by atoms with Crippen LogP contribution in [0.4, 0.5) is 4.39 Å². The monoisotopic (exact) mass is 391 g/mol. The molecule has 0 saturated heterocycles. The smallest absolute Gasteiger partial charge is 0.124 e. The third kappa shape index (κ3) is 3.46. The molecule has 2 nitrogen and oxygen atoms in total. The van der Waals surface area contributed by atoms with Gasteiger partial charge in [-0.1, -0.05) is 6.92 Å². The van der Waals surface area contributed by atoms with Gasteiger partial charge in [0, 0.05) is 5.56 Å². The summed E-state index contributed by atoms with van der Waals surface area (Å²) in [6.07, 6.45) is 0. The van der Waals surface area contributed by atoms with Crippen LogP contribution in [0.3, 0.4) is 0 Å². The summed E-state index contributed by atoms with van der Waals surface area (Å²) >= 11 is 3.97. The standard InChI is InChI=1S/C14H15FINOS/c1-3-17-14(9-6-13(16)19-8-9)11-7-10(15)4-5-12(11)18-2/h4-8,14,17H,3H2,1-2H3. The number of hydrogen-bond acceptors (Lipinski definition) is 3. The molecule has 1 unspecified atom stereocenters. The third-order valence-electron chi connectivity index (χ3n) is 2.83. The summed E-state index contributed by atoms with van der Waals surface area (Å²) in [5, 5.41) is 5.48. The maximum atomic E-state index is 13.5. The number of halogens is 2. The molecule has 1 aromatic heterocycles. The lowest BCUT2D eigenvalue weighted by atomic mass is 10.00. The second kappa shape index (κ2) is 6.67. The van der Waals surface area contributed by atoms with Gasteiger partial charge in [0.2, 0.25) is 0 Å². The van der Waals surface area contributed by atoms with Gasteiger partial charge < -0.3 is 10.1 Å². The molecule has 1 aromatic carbocycles. The van der Waals surface area contributed by atoms with Crippen LogP contribution in [0, 0.1) is 8.70 Å². The maximum Gasteiger partial charge on any atom is 0.124 e. The van der Waals surface area contributed by atoms with Gasteiger partial charge in [0.25, 0.3) is 0 Å². The highest BCUT2D eigenvalue weighted by atomic mass is 127. The zero-order valence-electron chi connectivity index (χ0n) is 10.7. The normalized spacial score (nSPS) is 12.4. The van der Waals surface area contributed by atoms with Crippen molar-refractivity contribution in [1.82, 2.24) is 5.32 Å². The number of benzene rings is 1. The highest BCUT2D eigenvalue weighted by molar-refractivity contribution is 14.1. The first kappa shape index (κ1) is 14.7. The van der Waals surface area contributed by atoms with Crippen LogP contribution in [0.2, 0.25) is 0 Å². The van der Waals surface area contributed by atoms with E-state index in [1.807, 2.05) is 6.92 Å². The van der Waals surface area contributed by atoms with Crippen molar-refractivity contribution in [2.45, 2.75) is 13.0 Å². The summed E-state index contributed by atoms with van der Waals surface area (Å²) in [7, 11) is 1.61. The fraction of sp³-hybridized carbons (Fsp3) is 0.286. The second-order valence-electron chi connectivity index (χ2n) is 4.06. The fourth-order valence-electron chi connectivity index (χ4n) is 2.02. The van der Waals surface area contributed by atoms with Gasteiger partial charge in [-0.2, -0.15) is 0 Å². The molecule has 0 aliphatic heterocycles. The Hall–Kier alpha value is -0.660. The molecule has 1 N–H and O–H groups in total. The molecule has 0 fully saturated rings. The minimum atomic E-state index is -0.247. The van der Waals surface area contributed by atoms with Gasteiger partial charge >= 0.3 is 0 Å². The molecule has 19 heavy (non-hydrogen) atoms. The lowest BCUT2D eigenvalue weighted by molar-refractivity contribution is 0.403. The molecule has 5 heteroatoms. The summed E-state index contributed by atoms with van der Waals surface area (Å²) in [5.41, 5.74) is 1.97. The first-order valence-corrected chi connectivity index (χ1v) is 7.92. The van der Waals surface area contributed by atoms with Crippen molar-refractivity contribution in [1.29, 1.82) is 0 Å². The van der Waals surface area contributed by atoms with Gasteiger partial charge in [-0.3, -0.25) is 0 Å². The molecule has 2 aromatic rings. The Morgan fingerprint density at radius 1 is 1.42 bits per heavy atom. The second-order valence-corrected chi connectivity index (χ2v) is 6.87. The molecule has 1 heterocycles. The summed E-state index contributed by atoms with van der Waals surface area (Å²) in [6, 6.07) is 6.70. The van der Waals surface area contributed by atoms with Crippen LogP contribution in [0.5, 0.6) is 5.75 Å². The Bertz CT molecular complexity index is 558. The Labute approximate surface area is 130 Å². The molecule has 2 rings (SSSR count). The molecule has 0 aliphatic carbocycles. The van der Waals surface area contributed by atoms with Gasteiger partial charge in [-0.25, -0.2) is 4.39 Å². The summed E-state index contributed by atoms with van der Waals surface area (Å²) in [4.78, 5) is 0. The van der Waals surface area contributed by atoms with Gasteiger partial charge in [0.15, 0.2) is 0 Å². The minimum Gasteiger partial charge on any atom is -0.496 e. The third-order valence-corrected chi connectivity index (χ3v) is 4.64. The molecule has 102 valence electrons. The van der Waals surface area contributed by atoms with Crippen LogP contribution >= 0.6 is 33.9 Å². The van der Waals surface area contributed by atoms with Crippen molar-refractivity contribution in [3.8, 4) is 5.75 Å². The minimum absolute atomic E-state index is 0.0459. The van der Waals surface area contributed by atoms with E-state index in [-0.39, 0.29) is 11.9 Å². The topological polar surface area (TPSA) is 21.3 Å². The summed E-state index contributed by atoms with van der Waals surface area (Å²) < 4.78 is 20.1. The van der Waals surface area contributed by atoms with Gasteiger partial charge in [0.05, 0.1) is 16.0 Å². The average Bonchev–Trinajstić information content (AvgIpc) is 2.82. The maximum absolute atomic E-state index is 13.5. The molecular formula is C14H15FINOS. The van der Waals surface area contributed by atoms with Crippen LogP contribution in [-0.2, 0) is 0 Å². The van der Waals surface area contributed by atoms with Crippen LogP contribution in [-0.4, -0.2) is 13.7 Å². The van der Waals surface area contributed by atoms with Crippen molar-refractivity contribution < 1.29 is 9.13 Å². The largest absolute Gasteiger partial charge is 0.496 e. The van der Waals surface area contributed by atoms with E-state index in [2.05, 4.69) is 39.4 Å². The van der Waals surface area contributed by atoms with E-state index in [1.54, 1.807) is 24.5 Å². The lowest BCUT2D eigenvalue weighted by Gasteiger charge is -2.20. The molecule has 1 atom stereocenters. The first-order valence-electron chi connectivity index (χ1n) is 5.96. The van der Waals surface area contributed by atoms with Gasteiger partial charge in [-0.05, 0) is 64.3 Å². The van der Waals surface area contributed by atoms with Crippen LogP contribution in [0.1, 0.15) is 24.1 Å². The predicted octanol–water partition coefficient (Wildman–Crippen LogP) is 4.20. The number of thiophene rings is 1. The summed E-state index contributed by atoms with van der Waals surface area (Å²) in [5.74, 6) is 0.456. The van der Waals surface area contributed by atoms with E-state index in [0.717, 1.165) is 17.7 Å². The van der Waals surface area contributed by atoms with Crippen LogP contribution in [0.25, 0.3) is 0 Å². The molecule has 0 amide bonds. The zero-order valence-corrected chi connectivity index (χ0v) is 13.7. The summed E-state index contributed by atoms with van der Waals surface area (Å²) in [6.45, 7) is 2.84. The first-order chi connectivity index (χ1) is 9.15. The number of nitrogens with one attached hydrogen (secondary N) is 1. The van der Waals surface area contributed by atoms with Crippen molar-refractivity contribution in [3.63, 3.8) is 0 Å². The Morgan fingerprint density at radius 2 is 2.21 bits per heavy atom. The molecule has 0 radical (unpaired) electrons. The van der Waals surface area contributed by atoms with E-state index >= 15 is 0 Å². The van der Waals surface area contributed by atoms with Crippen molar-refractivity contribution in [3.05, 3.63) is 49.5 Å². The highest BCUT2D eigenvalue weighted by Crippen LogP contribution is 2.33. The number of methoxy groups -OCH3 is 1.